The monoisotopic (exact) mass is 123 g/mol. The Kier molecular flexibility index (Phi) is 0.946. The average molecular weight is 123 g/mol. The molecule has 2 aliphatic heterocycles. The number of nitrogens with zero attached hydrogens (tertiary/aromatic N) is 2. The van der Waals surface area contributed by atoms with Crippen LogP contribution in [0.25, 0.3) is 0 Å². The highest BCUT2D eigenvalue weighted by Gasteiger charge is 2.15. The molecule has 0 saturated heterocycles. The van der Waals surface area contributed by atoms with Crippen LogP contribution < -0.4 is 5.32 Å². The molecule has 2 rings (SSSR count). The van der Waals surface area contributed by atoms with Gasteiger partial charge in [-0.15, -0.1) is 0 Å². The molecule has 0 spiro atoms. The summed E-state index contributed by atoms with van der Waals surface area (Å²) in [7, 11) is 0. The van der Waals surface area contributed by atoms with E-state index in [0.717, 1.165) is 25.6 Å². The van der Waals surface area contributed by atoms with Crippen LogP contribution in [-0.4, -0.2) is 30.5 Å². The first-order chi connectivity index (χ1) is 4.47. The Labute approximate surface area is 54.1 Å². The standard InChI is InChI=1S/C6H9N3/c1-2-7-6-8-3-5-9(6)4-1/h1-2H,3-5H2,(H,7,8). The van der Waals surface area contributed by atoms with Crippen molar-refractivity contribution in [3.8, 4) is 0 Å². The van der Waals surface area contributed by atoms with Gasteiger partial charge >= 0.3 is 0 Å². The van der Waals surface area contributed by atoms with Crippen molar-refractivity contribution >= 4 is 5.96 Å². The van der Waals surface area contributed by atoms with Gasteiger partial charge in [-0.05, 0) is 6.08 Å². The maximum Gasteiger partial charge on any atom is 0.198 e. The van der Waals surface area contributed by atoms with Gasteiger partial charge in [0.15, 0.2) is 5.96 Å². The number of fused-ring (bicyclic) bond motifs is 1. The highest BCUT2D eigenvalue weighted by molar-refractivity contribution is 5.83. The van der Waals surface area contributed by atoms with Gasteiger partial charge in [0.25, 0.3) is 0 Å². The molecule has 48 valence electrons. The summed E-state index contributed by atoms with van der Waals surface area (Å²) in [5.41, 5.74) is 0. The second-order valence-electron chi connectivity index (χ2n) is 2.20. The predicted octanol–water partition coefficient (Wildman–Crippen LogP) is -0.225. The van der Waals surface area contributed by atoms with E-state index in [1.54, 1.807) is 0 Å². The maximum atomic E-state index is 4.24. The van der Waals surface area contributed by atoms with Gasteiger partial charge in [-0.1, -0.05) is 0 Å². The van der Waals surface area contributed by atoms with Crippen molar-refractivity contribution in [2.24, 2.45) is 4.99 Å². The molecule has 0 atom stereocenters. The lowest BCUT2D eigenvalue weighted by atomic mass is 10.4. The van der Waals surface area contributed by atoms with Crippen molar-refractivity contribution in [2.45, 2.75) is 0 Å². The van der Waals surface area contributed by atoms with Crippen molar-refractivity contribution in [2.75, 3.05) is 19.6 Å². The van der Waals surface area contributed by atoms with E-state index in [0.29, 0.717) is 0 Å². The Morgan fingerprint density at radius 3 is 3.56 bits per heavy atom. The van der Waals surface area contributed by atoms with Crippen LogP contribution in [0.5, 0.6) is 0 Å². The molecule has 0 aromatic heterocycles. The van der Waals surface area contributed by atoms with E-state index in [1.165, 1.54) is 0 Å². The molecule has 3 nitrogen and oxygen atoms in total. The molecule has 0 aromatic rings. The van der Waals surface area contributed by atoms with Gasteiger partial charge in [-0.25, -0.2) is 0 Å². The molecular weight excluding hydrogens is 114 g/mol. The van der Waals surface area contributed by atoms with Gasteiger partial charge < -0.3 is 10.2 Å². The van der Waals surface area contributed by atoms with E-state index < -0.39 is 0 Å². The smallest absolute Gasteiger partial charge is 0.198 e. The molecule has 0 unspecified atom stereocenters. The maximum absolute atomic E-state index is 4.24. The van der Waals surface area contributed by atoms with Crippen molar-refractivity contribution in [3.63, 3.8) is 0 Å². The zero-order valence-corrected chi connectivity index (χ0v) is 5.17. The molecule has 3 heteroatoms. The van der Waals surface area contributed by atoms with Crippen LogP contribution in [0.1, 0.15) is 0 Å². The normalized spacial score (nSPS) is 23.1. The molecule has 0 bridgehead atoms. The lowest BCUT2D eigenvalue weighted by molar-refractivity contribution is 0.486. The molecule has 0 fully saturated rings. The lowest BCUT2D eigenvalue weighted by Crippen LogP contribution is -2.38. The Hall–Kier alpha value is -0.990. The van der Waals surface area contributed by atoms with E-state index in [-0.39, 0.29) is 0 Å². The minimum absolute atomic E-state index is 0.948. The lowest BCUT2D eigenvalue weighted by Gasteiger charge is -2.20. The molecule has 2 heterocycles. The van der Waals surface area contributed by atoms with Gasteiger partial charge in [0.05, 0.1) is 6.54 Å². The number of guanidine groups is 1. The van der Waals surface area contributed by atoms with Gasteiger partial charge in [-0.2, -0.15) is 0 Å². The molecule has 2 aliphatic rings. The number of aliphatic imine (C=N–C) groups is 1. The molecule has 0 radical (unpaired) electrons. The molecule has 0 aromatic carbocycles. The quantitative estimate of drug-likeness (QED) is 0.482. The summed E-state index contributed by atoms with van der Waals surface area (Å²) in [6, 6.07) is 0. The van der Waals surface area contributed by atoms with Crippen LogP contribution in [0.15, 0.2) is 17.3 Å². The summed E-state index contributed by atoms with van der Waals surface area (Å²) < 4.78 is 0. The zero-order valence-electron chi connectivity index (χ0n) is 5.17. The highest BCUT2D eigenvalue weighted by Crippen LogP contribution is 2.01. The topological polar surface area (TPSA) is 27.6 Å². The van der Waals surface area contributed by atoms with E-state index in [9.17, 15) is 0 Å². The predicted molar refractivity (Wildman–Crippen MR) is 36.2 cm³/mol. The van der Waals surface area contributed by atoms with Crippen LogP contribution in [0.4, 0.5) is 0 Å². The zero-order chi connectivity index (χ0) is 6.10. The highest BCUT2D eigenvalue weighted by atomic mass is 15.3. The van der Waals surface area contributed by atoms with Crippen molar-refractivity contribution in [1.29, 1.82) is 0 Å². The van der Waals surface area contributed by atoms with Gasteiger partial charge in [0.2, 0.25) is 0 Å². The Morgan fingerprint density at radius 2 is 2.67 bits per heavy atom. The fourth-order valence-electron chi connectivity index (χ4n) is 1.11. The van der Waals surface area contributed by atoms with Gasteiger partial charge in [0.1, 0.15) is 0 Å². The van der Waals surface area contributed by atoms with Gasteiger partial charge in [0, 0.05) is 19.3 Å². The summed E-state index contributed by atoms with van der Waals surface area (Å²) in [5, 5.41) is 3.08. The first-order valence-corrected chi connectivity index (χ1v) is 3.18. The van der Waals surface area contributed by atoms with E-state index in [1.807, 2.05) is 6.20 Å². The molecule has 9 heavy (non-hydrogen) atoms. The summed E-state index contributed by atoms with van der Waals surface area (Å²) >= 11 is 0. The summed E-state index contributed by atoms with van der Waals surface area (Å²) in [5.74, 6) is 1.04. The molecule has 1 N–H and O–H groups in total. The largest absolute Gasteiger partial charge is 0.337 e. The summed E-state index contributed by atoms with van der Waals surface area (Å²) in [6.07, 6.45) is 4.05. The van der Waals surface area contributed by atoms with E-state index in [4.69, 9.17) is 0 Å². The Balaban J connectivity index is 2.20. The molecular formula is C6H9N3. The number of rotatable bonds is 0. The Bertz CT molecular complexity index is 171. The number of hydrogen-bond acceptors (Lipinski definition) is 3. The van der Waals surface area contributed by atoms with E-state index in [2.05, 4.69) is 21.3 Å². The van der Waals surface area contributed by atoms with Gasteiger partial charge in [-0.3, -0.25) is 4.99 Å². The SMILES string of the molecule is C1=CNC2=NCCN2C1. The summed E-state index contributed by atoms with van der Waals surface area (Å²) in [6.45, 7) is 3.04. The van der Waals surface area contributed by atoms with Crippen molar-refractivity contribution < 1.29 is 0 Å². The Morgan fingerprint density at radius 1 is 1.67 bits per heavy atom. The third-order valence-electron chi connectivity index (χ3n) is 1.59. The minimum Gasteiger partial charge on any atom is -0.337 e. The van der Waals surface area contributed by atoms with Crippen LogP contribution in [0, 0.1) is 0 Å². The summed E-state index contributed by atoms with van der Waals surface area (Å²) in [4.78, 5) is 6.46. The first-order valence-electron chi connectivity index (χ1n) is 3.18. The number of nitrogens with one attached hydrogen (secondary N) is 1. The van der Waals surface area contributed by atoms with Crippen LogP contribution >= 0.6 is 0 Å². The average Bonchev–Trinajstić information content (AvgIpc) is 2.33. The van der Waals surface area contributed by atoms with Crippen LogP contribution in [0.3, 0.4) is 0 Å². The van der Waals surface area contributed by atoms with Crippen molar-refractivity contribution in [3.05, 3.63) is 12.3 Å². The second-order valence-corrected chi connectivity index (χ2v) is 2.20. The number of hydrogen-bond donors (Lipinski definition) is 1. The van der Waals surface area contributed by atoms with Crippen LogP contribution in [0.2, 0.25) is 0 Å². The van der Waals surface area contributed by atoms with Crippen LogP contribution in [-0.2, 0) is 0 Å². The fraction of sp³-hybridized carbons (Fsp3) is 0.500. The second kappa shape index (κ2) is 1.76. The molecule has 0 amide bonds. The molecule has 0 saturated carbocycles. The first kappa shape index (κ1) is 4.85. The minimum atomic E-state index is 0.948. The van der Waals surface area contributed by atoms with Crippen molar-refractivity contribution in [1.82, 2.24) is 10.2 Å². The third kappa shape index (κ3) is 0.686. The molecule has 0 aliphatic carbocycles. The third-order valence-corrected chi connectivity index (χ3v) is 1.59. The van der Waals surface area contributed by atoms with E-state index >= 15 is 0 Å². The fourth-order valence-corrected chi connectivity index (χ4v) is 1.11.